The summed E-state index contributed by atoms with van der Waals surface area (Å²) in [6.07, 6.45) is 1.92. The lowest BCUT2D eigenvalue weighted by atomic mass is 9.90. The molecule has 4 rings (SSSR count). The van der Waals surface area contributed by atoms with E-state index in [4.69, 9.17) is 4.74 Å². The second kappa shape index (κ2) is 7.85. The Balaban J connectivity index is 1.77. The molecule has 1 amide bonds. The molecule has 1 atom stereocenters. The Morgan fingerprint density at radius 3 is 2.72 bits per heavy atom. The van der Waals surface area contributed by atoms with E-state index in [-0.39, 0.29) is 28.0 Å². The van der Waals surface area contributed by atoms with Gasteiger partial charge in [0.1, 0.15) is 17.3 Å². The van der Waals surface area contributed by atoms with Gasteiger partial charge in [0, 0.05) is 22.6 Å². The zero-order valence-corrected chi connectivity index (χ0v) is 17.1. The van der Waals surface area contributed by atoms with Crippen molar-refractivity contribution in [3.8, 4) is 5.75 Å². The van der Waals surface area contributed by atoms with Crippen LogP contribution in [0.4, 0.5) is 5.69 Å². The molecule has 5 nitrogen and oxygen atoms in total. The zero-order valence-electron chi connectivity index (χ0n) is 15.5. The van der Waals surface area contributed by atoms with E-state index in [1.165, 1.54) is 11.3 Å². The number of sulfone groups is 1. The number of nitrogens with one attached hydrogen (secondary N) is 1. The normalized spacial score (nSPS) is 16.0. The summed E-state index contributed by atoms with van der Waals surface area (Å²) in [4.78, 5) is 13.6. The van der Waals surface area contributed by atoms with Crippen LogP contribution in [-0.2, 0) is 14.6 Å². The van der Waals surface area contributed by atoms with Gasteiger partial charge in [-0.1, -0.05) is 43.0 Å². The van der Waals surface area contributed by atoms with Crippen LogP contribution in [-0.4, -0.2) is 20.9 Å². The van der Waals surface area contributed by atoms with E-state index in [0.717, 1.165) is 10.4 Å². The summed E-state index contributed by atoms with van der Waals surface area (Å²) in [7, 11) is -3.73. The third-order valence-electron chi connectivity index (χ3n) is 4.73. The molecule has 1 aromatic heterocycles. The molecule has 1 N–H and O–H groups in total. The molecule has 2 aromatic carbocycles. The summed E-state index contributed by atoms with van der Waals surface area (Å²) < 4.78 is 31.8. The van der Waals surface area contributed by atoms with E-state index in [2.05, 4.69) is 11.9 Å². The van der Waals surface area contributed by atoms with Crippen molar-refractivity contribution in [1.82, 2.24) is 0 Å². The van der Waals surface area contributed by atoms with Crippen LogP contribution >= 0.6 is 11.3 Å². The monoisotopic (exact) mass is 425 g/mol. The van der Waals surface area contributed by atoms with Gasteiger partial charge in [0.05, 0.1) is 10.6 Å². The highest BCUT2D eigenvalue weighted by atomic mass is 32.2. The molecule has 0 bridgehead atoms. The number of anilines is 1. The lowest BCUT2D eigenvalue weighted by Crippen LogP contribution is -2.23. The van der Waals surface area contributed by atoms with E-state index in [0.29, 0.717) is 18.0 Å². The Labute approximate surface area is 173 Å². The largest absolute Gasteiger partial charge is 0.490 e. The third-order valence-corrected chi connectivity index (χ3v) is 7.77. The van der Waals surface area contributed by atoms with E-state index in [1.807, 2.05) is 24.3 Å². The first-order valence-electron chi connectivity index (χ1n) is 9.05. The Kier molecular flexibility index (Phi) is 5.25. The maximum absolute atomic E-state index is 13.1. The SMILES string of the molecule is C=CCOc1cccc(C2CC(=O)Nc3c(S(=O)(=O)c4ccccc4)csc32)c1. The summed E-state index contributed by atoms with van der Waals surface area (Å²) in [6.45, 7) is 4.03. The zero-order chi connectivity index (χ0) is 20.4. The first-order valence-corrected chi connectivity index (χ1v) is 11.4. The van der Waals surface area contributed by atoms with Gasteiger partial charge in [-0.25, -0.2) is 8.42 Å². The predicted molar refractivity (Wildman–Crippen MR) is 113 cm³/mol. The fourth-order valence-electron chi connectivity index (χ4n) is 3.37. The fourth-order valence-corrected chi connectivity index (χ4v) is 6.30. The van der Waals surface area contributed by atoms with Crippen molar-refractivity contribution in [2.45, 2.75) is 22.1 Å². The van der Waals surface area contributed by atoms with Crippen molar-refractivity contribution in [2.75, 3.05) is 11.9 Å². The first kappa shape index (κ1) is 19.4. The molecule has 2 heterocycles. The molecule has 3 aromatic rings. The number of fused-ring (bicyclic) bond motifs is 1. The summed E-state index contributed by atoms with van der Waals surface area (Å²) in [5, 5.41) is 4.40. The Morgan fingerprint density at radius 1 is 1.17 bits per heavy atom. The molecular formula is C22H19NO4S2. The molecule has 1 aliphatic rings. The number of carbonyl (C=O) groups is 1. The van der Waals surface area contributed by atoms with Crippen molar-refractivity contribution in [3.63, 3.8) is 0 Å². The Hall–Kier alpha value is -2.90. The average Bonchev–Trinajstić information content (AvgIpc) is 3.17. The second-order valence-corrected chi connectivity index (χ2v) is 9.46. The molecule has 0 spiro atoms. The Bertz CT molecular complexity index is 1170. The molecule has 0 radical (unpaired) electrons. The lowest BCUT2D eigenvalue weighted by molar-refractivity contribution is -0.116. The lowest BCUT2D eigenvalue weighted by Gasteiger charge is -2.24. The van der Waals surface area contributed by atoms with Crippen LogP contribution in [0.1, 0.15) is 22.8 Å². The van der Waals surface area contributed by atoms with Gasteiger partial charge in [-0.05, 0) is 29.8 Å². The fraction of sp³-hybridized carbons (Fsp3) is 0.136. The van der Waals surface area contributed by atoms with E-state index < -0.39 is 9.84 Å². The molecule has 29 heavy (non-hydrogen) atoms. The molecule has 0 saturated carbocycles. The van der Waals surface area contributed by atoms with Crippen molar-refractivity contribution in [3.05, 3.63) is 83.1 Å². The summed E-state index contributed by atoms with van der Waals surface area (Å²) in [5.74, 6) is 0.252. The van der Waals surface area contributed by atoms with Gasteiger partial charge < -0.3 is 10.1 Å². The maximum Gasteiger partial charge on any atom is 0.225 e. The van der Waals surface area contributed by atoms with Crippen molar-refractivity contribution < 1.29 is 17.9 Å². The Morgan fingerprint density at radius 2 is 1.97 bits per heavy atom. The van der Waals surface area contributed by atoms with Crippen LogP contribution in [0, 0.1) is 0 Å². The smallest absolute Gasteiger partial charge is 0.225 e. The summed E-state index contributed by atoms with van der Waals surface area (Å²) in [5.41, 5.74) is 1.30. The quantitative estimate of drug-likeness (QED) is 0.585. The van der Waals surface area contributed by atoms with E-state index in [9.17, 15) is 13.2 Å². The van der Waals surface area contributed by atoms with Crippen LogP contribution in [0.25, 0.3) is 0 Å². The van der Waals surface area contributed by atoms with Gasteiger partial charge in [0.25, 0.3) is 0 Å². The number of rotatable bonds is 6. The number of hydrogen-bond acceptors (Lipinski definition) is 5. The minimum Gasteiger partial charge on any atom is -0.490 e. The highest BCUT2D eigenvalue weighted by molar-refractivity contribution is 7.91. The van der Waals surface area contributed by atoms with Crippen molar-refractivity contribution in [1.29, 1.82) is 0 Å². The third kappa shape index (κ3) is 3.71. The first-order chi connectivity index (χ1) is 14.0. The number of thiophene rings is 1. The molecule has 0 aliphatic carbocycles. The summed E-state index contributed by atoms with van der Waals surface area (Å²) in [6, 6.07) is 15.8. The number of ether oxygens (including phenoxy) is 1. The van der Waals surface area contributed by atoms with E-state index >= 15 is 0 Å². The minimum absolute atomic E-state index is 0.140. The number of hydrogen-bond donors (Lipinski definition) is 1. The van der Waals surface area contributed by atoms with Crippen LogP contribution < -0.4 is 10.1 Å². The van der Waals surface area contributed by atoms with Crippen LogP contribution in [0.2, 0.25) is 0 Å². The number of benzene rings is 2. The van der Waals surface area contributed by atoms with Gasteiger partial charge in [-0.3, -0.25) is 4.79 Å². The number of carbonyl (C=O) groups excluding carboxylic acids is 1. The van der Waals surface area contributed by atoms with Gasteiger partial charge >= 0.3 is 0 Å². The minimum atomic E-state index is -3.73. The molecular weight excluding hydrogens is 406 g/mol. The van der Waals surface area contributed by atoms with Crippen LogP contribution in [0.3, 0.4) is 0 Å². The molecule has 7 heteroatoms. The van der Waals surface area contributed by atoms with Gasteiger partial charge in [0.15, 0.2) is 0 Å². The topological polar surface area (TPSA) is 72.5 Å². The second-order valence-electron chi connectivity index (χ2n) is 6.63. The van der Waals surface area contributed by atoms with Crippen LogP contribution in [0.5, 0.6) is 5.75 Å². The predicted octanol–water partition coefficient (Wildman–Crippen LogP) is 4.62. The summed E-state index contributed by atoms with van der Waals surface area (Å²) >= 11 is 1.35. The number of amides is 1. The average molecular weight is 426 g/mol. The standard InChI is InChI=1S/C22H19NO4S2/c1-2-11-27-16-8-6-7-15(12-16)18-13-20(24)23-21-19(14-28-22(18)21)29(25,26)17-9-4-3-5-10-17/h2-10,12,14,18H,1,11,13H2,(H,23,24). The van der Waals surface area contributed by atoms with Gasteiger partial charge in [-0.15, -0.1) is 11.3 Å². The van der Waals surface area contributed by atoms with Crippen molar-refractivity contribution in [2.24, 2.45) is 0 Å². The molecule has 0 saturated heterocycles. The highest BCUT2D eigenvalue weighted by Gasteiger charge is 2.34. The molecule has 148 valence electrons. The maximum atomic E-state index is 13.1. The van der Waals surface area contributed by atoms with Crippen molar-refractivity contribution >= 4 is 32.8 Å². The molecule has 1 aliphatic heterocycles. The molecule has 0 fully saturated rings. The van der Waals surface area contributed by atoms with Gasteiger partial charge in [0.2, 0.25) is 15.7 Å². The highest BCUT2D eigenvalue weighted by Crippen LogP contribution is 2.46. The van der Waals surface area contributed by atoms with Gasteiger partial charge in [-0.2, -0.15) is 0 Å². The van der Waals surface area contributed by atoms with E-state index in [1.54, 1.807) is 41.8 Å². The van der Waals surface area contributed by atoms with Crippen LogP contribution in [0.15, 0.2) is 82.4 Å². The molecule has 1 unspecified atom stereocenters.